The summed E-state index contributed by atoms with van der Waals surface area (Å²) in [7, 11) is 0. The van der Waals surface area contributed by atoms with Gasteiger partial charge in [-0.2, -0.15) is 0 Å². The van der Waals surface area contributed by atoms with E-state index >= 15 is 0 Å². The molecule has 0 aliphatic carbocycles. The number of urea groups is 1. The molecule has 1 atom stereocenters. The van der Waals surface area contributed by atoms with Gasteiger partial charge in [0.05, 0.1) is 5.69 Å². The van der Waals surface area contributed by atoms with Crippen LogP contribution in [0.4, 0.5) is 9.93 Å². The average molecular weight is 333 g/mol. The molecular weight excluding hydrogens is 310 g/mol. The van der Waals surface area contributed by atoms with Crippen molar-refractivity contribution in [1.29, 1.82) is 0 Å². The topological polar surface area (TPSA) is 63.2 Å². The first-order valence-corrected chi connectivity index (χ1v) is 8.45. The molecule has 0 saturated carbocycles. The normalized spacial score (nSPS) is 12.1. The third kappa shape index (κ3) is 4.96. The quantitative estimate of drug-likeness (QED) is 0.796. The van der Waals surface area contributed by atoms with Crippen molar-refractivity contribution in [3.8, 4) is 5.75 Å². The minimum Gasteiger partial charge on any atom is -0.471 e. The van der Waals surface area contributed by atoms with Gasteiger partial charge in [0.2, 0.25) is 0 Å². The number of hydrogen-bond donors (Lipinski definition) is 2. The van der Waals surface area contributed by atoms with Crippen molar-refractivity contribution in [3.63, 3.8) is 0 Å². The Kier molecular flexibility index (Phi) is 5.60. The zero-order valence-corrected chi connectivity index (χ0v) is 15.0. The number of amides is 2. The van der Waals surface area contributed by atoms with Gasteiger partial charge in [-0.15, -0.1) is 11.3 Å². The van der Waals surface area contributed by atoms with E-state index in [-0.39, 0.29) is 6.03 Å². The summed E-state index contributed by atoms with van der Waals surface area (Å²) >= 11 is 1.45. The van der Waals surface area contributed by atoms with E-state index in [1.54, 1.807) is 6.92 Å². The number of nitrogens with zero attached hydrogens (tertiary/aromatic N) is 1. The van der Waals surface area contributed by atoms with Crippen molar-refractivity contribution in [1.82, 2.24) is 10.3 Å². The maximum atomic E-state index is 11.9. The lowest BCUT2D eigenvalue weighted by atomic mass is 10.0. The van der Waals surface area contributed by atoms with E-state index in [0.29, 0.717) is 11.0 Å². The number of ether oxygens (including phenoxy) is 1. The number of hydrogen-bond acceptors (Lipinski definition) is 4. The second-order valence-electron chi connectivity index (χ2n) is 5.74. The number of carbonyl (C=O) groups excluding carboxylic acids is 1. The van der Waals surface area contributed by atoms with Crippen molar-refractivity contribution < 1.29 is 9.53 Å². The van der Waals surface area contributed by atoms with E-state index in [1.807, 2.05) is 38.1 Å². The molecular formula is C17H23N3O2S. The van der Waals surface area contributed by atoms with Gasteiger partial charge in [0, 0.05) is 4.88 Å². The first-order valence-electron chi connectivity index (χ1n) is 7.63. The Hall–Kier alpha value is -2.08. The molecule has 1 aromatic heterocycles. The maximum Gasteiger partial charge on any atom is 0.323 e. The highest BCUT2D eigenvalue weighted by Gasteiger charge is 2.11. The van der Waals surface area contributed by atoms with E-state index in [2.05, 4.69) is 29.5 Å². The number of thiazole rings is 1. The monoisotopic (exact) mass is 333 g/mol. The Morgan fingerprint density at radius 1 is 1.17 bits per heavy atom. The van der Waals surface area contributed by atoms with Crippen LogP contribution >= 0.6 is 11.3 Å². The van der Waals surface area contributed by atoms with Gasteiger partial charge < -0.3 is 10.1 Å². The smallest absolute Gasteiger partial charge is 0.323 e. The summed E-state index contributed by atoms with van der Waals surface area (Å²) in [5.41, 5.74) is 2.19. The van der Waals surface area contributed by atoms with Gasteiger partial charge in [-0.1, -0.05) is 26.0 Å². The van der Waals surface area contributed by atoms with Gasteiger partial charge in [0.15, 0.2) is 11.4 Å². The van der Waals surface area contributed by atoms with Gasteiger partial charge in [0.1, 0.15) is 5.75 Å². The summed E-state index contributed by atoms with van der Waals surface area (Å²) in [4.78, 5) is 17.3. The maximum absolute atomic E-state index is 11.9. The van der Waals surface area contributed by atoms with Crippen LogP contribution in [-0.4, -0.2) is 17.2 Å². The van der Waals surface area contributed by atoms with Gasteiger partial charge in [-0.05, 0) is 44.4 Å². The van der Waals surface area contributed by atoms with Crippen molar-refractivity contribution in [3.05, 3.63) is 40.4 Å². The second kappa shape index (κ2) is 7.46. The Balaban J connectivity index is 1.86. The van der Waals surface area contributed by atoms with Crippen molar-refractivity contribution in [2.24, 2.45) is 0 Å². The summed E-state index contributed by atoms with van der Waals surface area (Å²) in [6.45, 7) is 9.97. The molecule has 0 spiro atoms. The number of aromatic nitrogens is 1. The number of rotatable bonds is 5. The van der Waals surface area contributed by atoms with Crippen LogP contribution in [-0.2, 0) is 0 Å². The van der Waals surface area contributed by atoms with E-state index in [4.69, 9.17) is 4.74 Å². The molecule has 23 heavy (non-hydrogen) atoms. The third-order valence-corrected chi connectivity index (χ3v) is 4.43. The van der Waals surface area contributed by atoms with Crippen LogP contribution in [0.5, 0.6) is 5.75 Å². The fourth-order valence-electron chi connectivity index (χ4n) is 2.01. The van der Waals surface area contributed by atoms with Gasteiger partial charge in [-0.25, -0.2) is 9.78 Å². The minimum absolute atomic E-state index is 0.329. The Morgan fingerprint density at radius 3 is 2.35 bits per heavy atom. The summed E-state index contributed by atoms with van der Waals surface area (Å²) in [5, 5.41) is 6.05. The lowest BCUT2D eigenvalue weighted by Gasteiger charge is -2.16. The van der Waals surface area contributed by atoms with Crippen LogP contribution in [0.2, 0.25) is 0 Å². The molecule has 2 N–H and O–H groups in total. The molecule has 5 nitrogen and oxygen atoms in total. The molecule has 1 aromatic carbocycles. The molecule has 1 heterocycles. The van der Waals surface area contributed by atoms with Crippen molar-refractivity contribution in [2.45, 2.75) is 46.8 Å². The molecule has 0 aliphatic heterocycles. The van der Waals surface area contributed by atoms with Crippen molar-refractivity contribution >= 4 is 22.5 Å². The SMILES string of the molecule is Cc1nc(NC(=O)NC(C)Oc2ccc(C(C)C)cc2)sc1C. The Bertz CT molecular complexity index is 645. The summed E-state index contributed by atoms with van der Waals surface area (Å²) in [6.07, 6.45) is -0.443. The predicted molar refractivity (Wildman–Crippen MR) is 94.4 cm³/mol. The van der Waals surface area contributed by atoms with Gasteiger partial charge >= 0.3 is 6.03 Å². The van der Waals surface area contributed by atoms with Gasteiger partial charge in [0.25, 0.3) is 0 Å². The first kappa shape index (κ1) is 17.3. The van der Waals surface area contributed by atoms with Crippen LogP contribution in [0.15, 0.2) is 24.3 Å². The highest BCUT2D eigenvalue weighted by atomic mass is 32.1. The molecule has 0 saturated heterocycles. The second-order valence-corrected chi connectivity index (χ2v) is 6.95. The lowest BCUT2D eigenvalue weighted by Crippen LogP contribution is -2.39. The molecule has 2 aromatic rings. The summed E-state index contributed by atoms with van der Waals surface area (Å²) in [5.74, 6) is 1.21. The van der Waals surface area contributed by atoms with Crippen LogP contribution < -0.4 is 15.4 Å². The predicted octanol–water partition coefficient (Wildman–Crippen LogP) is 4.43. The number of anilines is 1. The van der Waals surface area contributed by atoms with Gasteiger partial charge in [-0.3, -0.25) is 5.32 Å². The standard InChI is InChI=1S/C17H23N3O2S/c1-10(2)14-6-8-15(9-7-14)22-13(5)19-16(21)20-17-18-11(3)12(4)23-17/h6-10,13H,1-5H3,(H2,18,19,20,21). The highest BCUT2D eigenvalue weighted by molar-refractivity contribution is 7.15. The van der Waals surface area contributed by atoms with E-state index in [9.17, 15) is 4.79 Å². The summed E-state index contributed by atoms with van der Waals surface area (Å²) in [6, 6.07) is 7.57. The average Bonchev–Trinajstić information content (AvgIpc) is 2.77. The van der Waals surface area contributed by atoms with Crippen LogP contribution in [0.25, 0.3) is 0 Å². The van der Waals surface area contributed by atoms with E-state index < -0.39 is 6.23 Å². The molecule has 0 bridgehead atoms. The minimum atomic E-state index is -0.443. The number of aryl methyl sites for hydroxylation is 2. The van der Waals surface area contributed by atoms with E-state index in [0.717, 1.165) is 16.3 Å². The third-order valence-electron chi connectivity index (χ3n) is 3.44. The van der Waals surface area contributed by atoms with Crippen LogP contribution in [0, 0.1) is 13.8 Å². The summed E-state index contributed by atoms with van der Waals surface area (Å²) < 4.78 is 5.70. The molecule has 0 radical (unpaired) electrons. The fourth-order valence-corrected chi connectivity index (χ4v) is 2.82. The number of carbonyl (C=O) groups is 1. The molecule has 0 fully saturated rings. The number of benzene rings is 1. The molecule has 6 heteroatoms. The van der Waals surface area contributed by atoms with Crippen LogP contribution in [0.1, 0.15) is 42.8 Å². The van der Waals surface area contributed by atoms with Crippen LogP contribution in [0.3, 0.4) is 0 Å². The lowest BCUT2D eigenvalue weighted by molar-refractivity contribution is 0.183. The zero-order chi connectivity index (χ0) is 17.0. The highest BCUT2D eigenvalue weighted by Crippen LogP contribution is 2.21. The molecule has 1 unspecified atom stereocenters. The zero-order valence-electron chi connectivity index (χ0n) is 14.1. The Morgan fingerprint density at radius 2 is 1.83 bits per heavy atom. The Labute approximate surface area is 141 Å². The molecule has 2 rings (SSSR count). The molecule has 0 aliphatic rings. The first-order chi connectivity index (χ1) is 10.8. The van der Waals surface area contributed by atoms with E-state index in [1.165, 1.54) is 16.9 Å². The molecule has 2 amide bonds. The molecule has 124 valence electrons. The fraction of sp³-hybridized carbons (Fsp3) is 0.412. The largest absolute Gasteiger partial charge is 0.471 e. The number of nitrogens with one attached hydrogen (secondary N) is 2. The van der Waals surface area contributed by atoms with Crippen molar-refractivity contribution in [2.75, 3.05) is 5.32 Å².